The van der Waals surface area contributed by atoms with Gasteiger partial charge in [-0.05, 0) is 28.3 Å². The second-order valence-corrected chi connectivity index (χ2v) is 10.3. The molecule has 0 amide bonds. The molecule has 0 spiro atoms. The molecule has 5 aromatic rings. The summed E-state index contributed by atoms with van der Waals surface area (Å²) >= 11 is 0. The summed E-state index contributed by atoms with van der Waals surface area (Å²) in [6.45, 7) is 0. The summed E-state index contributed by atoms with van der Waals surface area (Å²) < 4.78 is 0. The van der Waals surface area contributed by atoms with Crippen LogP contribution in [0, 0.1) is 0 Å². The third-order valence-corrected chi connectivity index (χ3v) is 7.76. The Morgan fingerprint density at radius 1 is 0.375 bits per heavy atom. The Kier molecular flexibility index (Phi) is 6.42. The molecule has 7 rings (SSSR count). The van der Waals surface area contributed by atoms with Crippen LogP contribution in [0.25, 0.3) is 0 Å². The highest BCUT2D eigenvalue weighted by molar-refractivity contribution is 6.05. The van der Waals surface area contributed by atoms with Crippen molar-refractivity contribution >= 4 is 11.7 Å². The zero-order valence-corrected chi connectivity index (χ0v) is 22.1. The standard InChI is InChI=1S/C36H30N4/c1-5-14-25(15-6-1)31-32(26-16-7-2-8-17-26)38-35(37-31)29-22-13-23-30(24-29)36-39-33(27-18-9-3-10-19-27)34(40-36)28-20-11-4-12-21-28/h1-24,31-34H,(H,37,38)(H,39,40). The maximum atomic E-state index is 5.22. The van der Waals surface area contributed by atoms with Gasteiger partial charge in [0.25, 0.3) is 0 Å². The first-order valence-corrected chi connectivity index (χ1v) is 13.8. The number of benzene rings is 5. The van der Waals surface area contributed by atoms with Gasteiger partial charge in [0, 0.05) is 11.1 Å². The van der Waals surface area contributed by atoms with Gasteiger partial charge in [-0.15, -0.1) is 0 Å². The molecule has 0 fully saturated rings. The van der Waals surface area contributed by atoms with Crippen LogP contribution in [0.4, 0.5) is 0 Å². The molecule has 2 N–H and O–H groups in total. The van der Waals surface area contributed by atoms with Crippen LogP contribution in [0.5, 0.6) is 0 Å². The quantitative estimate of drug-likeness (QED) is 0.247. The maximum Gasteiger partial charge on any atom is 0.129 e. The number of amidine groups is 2. The van der Waals surface area contributed by atoms with E-state index in [0.717, 1.165) is 22.8 Å². The lowest BCUT2D eigenvalue weighted by Gasteiger charge is -2.20. The smallest absolute Gasteiger partial charge is 0.129 e. The van der Waals surface area contributed by atoms with E-state index < -0.39 is 0 Å². The van der Waals surface area contributed by atoms with Crippen LogP contribution in [-0.2, 0) is 0 Å². The first-order valence-electron chi connectivity index (χ1n) is 13.8. The zero-order valence-electron chi connectivity index (χ0n) is 22.1. The minimum atomic E-state index is -0.00544. The van der Waals surface area contributed by atoms with Crippen molar-refractivity contribution in [1.29, 1.82) is 0 Å². The fraction of sp³-hybridized carbons (Fsp3) is 0.111. The Balaban J connectivity index is 1.23. The predicted molar refractivity (Wildman–Crippen MR) is 163 cm³/mol. The van der Waals surface area contributed by atoms with Crippen LogP contribution in [0.2, 0.25) is 0 Å². The summed E-state index contributed by atoms with van der Waals surface area (Å²) in [6, 6.07) is 50.9. The van der Waals surface area contributed by atoms with Crippen molar-refractivity contribution in [2.45, 2.75) is 24.2 Å². The van der Waals surface area contributed by atoms with E-state index in [4.69, 9.17) is 9.98 Å². The topological polar surface area (TPSA) is 48.8 Å². The van der Waals surface area contributed by atoms with Crippen LogP contribution in [-0.4, -0.2) is 11.7 Å². The fourth-order valence-electron chi connectivity index (χ4n) is 5.77. The largest absolute Gasteiger partial charge is 0.361 e. The summed E-state index contributed by atoms with van der Waals surface area (Å²) in [4.78, 5) is 10.4. The fourth-order valence-corrected chi connectivity index (χ4v) is 5.77. The molecule has 194 valence electrons. The highest BCUT2D eigenvalue weighted by Crippen LogP contribution is 2.38. The highest BCUT2D eigenvalue weighted by atomic mass is 15.1. The summed E-state index contributed by atoms with van der Waals surface area (Å²) in [5, 5.41) is 7.50. The van der Waals surface area contributed by atoms with Crippen LogP contribution in [0.15, 0.2) is 156 Å². The number of rotatable bonds is 6. The molecule has 0 bridgehead atoms. The molecule has 0 radical (unpaired) electrons. The number of nitrogens with one attached hydrogen (secondary N) is 2. The Labute approximate surface area is 235 Å². The molecule has 2 heterocycles. The normalized spacial score (nSPS) is 21.7. The first-order chi connectivity index (χ1) is 19.8. The van der Waals surface area contributed by atoms with Gasteiger partial charge in [0.15, 0.2) is 0 Å². The number of aliphatic imine (C=N–C) groups is 2. The molecular weight excluding hydrogens is 488 g/mol. The number of nitrogens with zero attached hydrogens (tertiary/aromatic N) is 2. The molecule has 0 aliphatic carbocycles. The molecule has 4 heteroatoms. The second kappa shape index (κ2) is 10.7. The van der Waals surface area contributed by atoms with Gasteiger partial charge in [-0.25, -0.2) is 0 Å². The summed E-state index contributed by atoms with van der Waals surface area (Å²) in [6.07, 6.45) is 0. The minimum absolute atomic E-state index is 0.00544. The molecule has 5 aromatic carbocycles. The third kappa shape index (κ3) is 4.69. The van der Waals surface area contributed by atoms with Gasteiger partial charge in [-0.1, -0.05) is 140 Å². The van der Waals surface area contributed by atoms with Crippen LogP contribution in [0.3, 0.4) is 0 Å². The van der Waals surface area contributed by atoms with Gasteiger partial charge in [0.1, 0.15) is 23.8 Å². The van der Waals surface area contributed by atoms with Crippen molar-refractivity contribution in [3.8, 4) is 0 Å². The molecule has 2 aliphatic rings. The summed E-state index contributed by atoms with van der Waals surface area (Å²) in [5.41, 5.74) is 6.97. The Morgan fingerprint density at radius 2 is 0.725 bits per heavy atom. The van der Waals surface area contributed by atoms with E-state index in [9.17, 15) is 0 Å². The predicted octanol–water partition coefficient (Wildman–Crippen LogP) is 7.35. The van der Waals surface area contributed by atoms with E-state index in [1.54, 1.807) is 0 Å². The maximum absolute atomic E-state index is 5.22. The summed E-state index contributed by atoms with van der Waals surface area (Å²) in [7, 11) is 0. The Morgan fingerprint density at radius 3 is 1.10 bits per heavy atom. The average molecular weight is 519 g/mol. The van der Waals surface area contributed by atoms with E-state index in [-0.39, 0.29) is 24.2 Å². The first kappa shape index (κ1) is 24.1. The molecule has 0 saturated carbocycles. The van der Waals surface area contributed by atoms with E-state index in [1.165, 1.54) is 22.3 Å². The van der Waals surface area contributed by atoms with Crippen molar-refractivity contribution in [2.75, 3.05) is 0 Å². The van der Waals surface area contributed by atoms with E-state index in [1.807, 2.05) is 0 Å². The lowest BCUT2D eigenvalue weighted by molar-refractivity contribution is 0.572. The van der Waals surface area contributed by atoms with E-state index in [0.29, 0.717) is 0 Å². The van der Waals surface area contributed by atoms with Crippen molar-refractivity contribution < 1.29 is 0 Å². The summed E-state index contributed by atoms with van der Waals surface area (Å²) in [5.74, 6) is 1.81. The molecule has 0 aromatic heterocycles. The minimum Gasteiger partial charge on any atom is -0.361 e. The SMILES string of the molecule is c1ccc(C2N=C(c3cccc(C4=NC(c5ccccc5)C(c5ccccc5)N4)c3)NC2c2ccccc2)cc1. The van der Waals surface area contributed by atoms with Gasteiger partial charge in [0.05, 0.1) is 12.1 Å². The molecule has 40 heavy (non-hydrogen) atoms. The van der Waals surface area contributed by atoms with Crippen LogP contribution >= 0.6 is 0 Å². The number of hydrogen-bond donors (Lipinski definition) is 2. The van der Waals surface area contributed by atoms with E-state index in [2.05, 4.69) is 156 Å². The van der Waals surface area contributed by atoms with Gasteiger partial charge in [-0.2, -0.15) is 0 Å². The van der Waals surface area contributed by atoms with Gasteiger partial charge in [-0.3, -0.25) is 9.98 Å². The lowest BCUT2D eigenvalue weighted by Crippen LogP contribution is -2.26. The average Bonchev–Trinajstić information content (AvgIpc) is 3.69. The zero-order chi connectivity index (χ0) is 26.7. The lowest BCUT2D eigenvalue weighted by atomic mass is 9.95. The van der Waals surface area contributed by atoms with Gasteiger partial charge >= 0.3 is 0 Å². The molecule has 4 atom stereocenters. The van der Waals surface area contributed by atoms with Crippen molar-refractivity contribution in [1.82, 2.24) is 10.6 Å². The Hall–Kier alpha value is -4.96. The van der Waals surface area contributed by atoms with Crippen LogP contribution in [0.1, 0.15) is 57.5 Å². The van der Waals surface area contributed by atoms with Crippen molar-refractivity contribution in [3.05, 3.63) is 179 Å². The van der Waals surface area contributed by atoms with Gasteiger partial charge in [0.2, 0.25) is 0 Å². The highest BCUT2D eigenvalue weighted by Gasteiger charge is 2.33. The number of hydrogen-bond acceptors (Lipinski definition) is 4. The molecular formula is C36H30N4. The van der Waals surface area contributed by atoms with Gasteiger partial charge < -0.3 is 10.6 Å². The van der Waals surface area contributed by atoms with Crippen LogP contribution < -0.4 is 10.6 Å². The van der Waals surface area contributed by atoms with Crippen molar-refractivity contribution in [3.63, 3.8) is 0 Å². The second-order valence-electron chi connectivity index (χ2n) is 10.3. The van der Waals surface area contributed by atoms with E-state index >= 15 is 0 Å². The molecule has 2 aliphatic heterocycles. The molecule has 4 nitrogen and oxygen atoms in total. The Bertz CT molecular complexity index is 1520. The molecule has 0 saturated heterocycles. The monoisotopic (exact) mass is 518 g/mol. The molecule has 4 unspecified atom stereocenters. The third-order valence-electron chi connectivity index (χ3n) is 7.76. The van der Waals surface area contributed by atoms with Crippen molar-refractivity contribution in [2.24, 2.45) is 9.98 Å².